The van der Waals surface area contributed by atoms with Crippen LogP contribution in [0, 0.1) is 10.1 Å². The number of nitrogens with zero attached hydrogens (tertiary/aromatic N) is 2. The normalized spacial score (nSPS) is 10.1. The van der Waals surface area contributed by atoms with E-state index in [2.05, 4.69) is 0 Å². The summed E-state index contributed by atoms with van der Waals surface area (Å²) in [6, 6.07) is 4.57. The Kier molecular flexibility index (Phi) is 4.71. The first-order valence-electron chi connectivity index (χ1n) is 5.32. The van der Waals surface area contributed by atoms with Crippen LogP contribution in [0.3, 0.4) is 0 Å². The Labute approximate surface area is 99.6 Å². The predicted octanol–water partition coefficient (Wildman–Crippen LogP) is 1.42. The summed E-state index contributed by atoms with van der Waals surface area (Å²) in [7, 11) is 1.51. The number of nitro benzene ring substituents is 1. The number of anilines is 1. The number of likely N-dealkylation sites (N-methyl/N-ethyl adjacent to an activating group) is 1. The molecule has 1 N–H and O–H groups in total. The number of aliphatic hydroxyl groups excluding tert-OH is 1. The zero-order chi connectivity index (χ0) is 12.8. The maximum atomic E-state index is 10.9. The molecular weight excluding hydrogens is 224 g/mol. The molecule has 0 amide bonds. The number of aliphatic hydroxyl groups is 1. The smallest absolute Gasteiger partial charge is 0.292 e. The van der Waals surface area contributed by atoms with Gasteiger partial charge in [0.2, 0.25) is 0 Å². The van der Waals surface area contributed by atoms with Crippen molar-refractivity contribution in [1.82, 2.24) is 0 Å². The maximum absolute atomic E-state index is 10.9. The molecule has 0 heterocycles. The van der Waals surface area contributed by atoms with Crippen molar-refractivity contribution >= 4 is 11.4 Å². The molecule has 1 rings (SSSR count). The topological polar surface area (TPSA) is 75.8 Å². The van der Waals surface area contributed by atoms with E-state index in [9.17, 15) is 10.1 Å². The lowest BCUT2D eigenvalue weighted by Gasteiger charge is -2.22. The second kappa shape index (κ2) is 6.05. The first-order valence-corrected chi connectivity index (χ1v) is 5.32. The fourth-order valence-electron chi connectivity index (χ4n) is 1.61. The number of hydrogen-bond donors (Lipinski definition) is 1. The molecule has 0 aliphatic heterocycles. The first kappa shape index (κ1) is 13.2. The van der Waals surface area contributed by atoms with Crippen molar-refractivity contribution in [2.24, 2.45) is 0 Å². The average molecular weight is 240 g/mol. The van der Waals surface area contributed by atoms with Crippen LogP contribution >= 0.6 is 0 Å². The quantitative estimate of drug-likeness (QED) is 0.601. The molecule has 17 heavy (non-hydrogen) atoms. The second-order valence-corrected chi connectivity index (χ2v) is 3.42. The summed E-state index contributed by atoms with van der Waals surface area (Å²) in [5, 5.41) is 19.9. The third-order valence-electron chi connectivity index (χ3n) is 2.47. The molecule has 0 fully saturated rings. The van der Waals surface area contributed by atoms with Crippen LogP contribution in [0.4, 0.5) is 11.4 Å². The molecule has 0 aliphatic carbocycles. The SMILES string of the molecule is CCN(CCO)c1cc(OC)ccc1[N+](=O)[O-]. The van der Waals surface area contributed by atoms with Gasteiger partial charge >= 0.3 is 0 Å². The molecule has 94 valence electrons. The van der Waals surface area contributed by atoms with E-state index in [1.165, 1.54) is 13.2 Å². The van der Waals surface area contributed by atoms with Crippen molar-refractivity contribution in [2.45, 2.75) is 6.92 Å². The summed E-state index contributed by atoms with van der Waals surface area (Å²) in [4.78, 5) is 12.2. The lowest BCUT2D eigenvalue weighted by atomic mass is 10.2. The van der Waals surface area contributed by atoms with Gasteiger partial charge in [-0.05, 0) is 13.0 Å². The van der Waals surface area contributed by atoms with E-state index < -0.39 is 4.92 Å². The highest BCUT2D eigenvalue weighted by Crippen LogP contribution is 2.31. The van der Waals surface area contributed by atoms with Gasteiger partial charge in [-0.1, -0.05) is 0 Å². The Hall–Kier alpha value is -1.82. The molecule has 6 nitrogen and oxygen atoms in total. The third kappa shape index (κ3) is 3.07. The van der Waals surface area contributed by atoms with Crippen molar-refractivity contribution < 1.29 is 14.8 Å². The van der Waals surface area contributed by atoms with Crippen LogP contribution in [0.2, 0.25) is 0 Å². The number of nitro groups is 1. The molecule has 0 atom stereocenters. The molecule has 0 saturated carbocycles. The fraction of sp³-hybridized carbons (Fsp3) is 0.455. The van der Waals surface area contributed by atoms with Crippen LogP contribution in [-0.4, -0.2) is 36.8 Å². The number of rotatable bonds is 6. The van der Waals surface area contributed by atoms with Crippen LogP contribution < -0.4 is 9.64 Å². The number of hydrogen-bond acceptors (Lipinski definition) is 5. The standard InChI is InChI=1S/C11H16N2O4/c1-3-12(6-7-14)11-8-9(17-2)4-5-10(11)13(15)16/h4-5,8,14H,3,6-7H2,1-2H3. The van der Waals surface area contributed by atoms with E-state index in [1.807, 2.05) is 6.92 Å². The van der Waals surface area contributed by atoms with Crippen LogP contribution in [0.5, 0.6) is 5.75 Å². The Balaban J connectivity index is 3.19. The lowest BCUT2D eigenvalue weighted by molar-refractivity contribution is -0.384. The molecule has 6 heteroatoms. The van der Waals surface area contributed by atoms with Gasteiger partial charge in [-0.3, -0.25) is 10.1 Å². The van der Waals surface area contributed by atoms with Crippen molar-refractivity contribution in [3.63, 3.8) is 0 Å². The lowest BCUT2D eigenvalue weighted by Crippen LogP contribution is -2.26. The van der Waals surface area contributed by atoms with Crippen LogP contribution in [0.15, 0.2) is 18.2 Å². The van der Waals surface area contributed by atoms with Gasteiger partial charge in [0.1, 0.15) is 11.4 Å². The molecular formula is C11H16N2O4. The average Bonchev–Trinajstić information content (AvgIpc) is 2.35. The molecule has 0 unspecified atom stereocenters. The predicted molar refractivity (Wildman–Crippen MR) is 64.6 cm³/mol. The fourth-order valence-corrected chi connectivity index (χ4v) is 1.61. The van der Waals surface area contributed by atoms with E-state index in [4.69, 9.17) is 9.84 Å². The summed E-state index contributed by atoms with van der Waals surface area (Å²) >= 11 is 0. The molecule has 0 bridgehead atoms. The number of benzene rings is 1. The molecule has 1 aromatic rings. The van der Waals surface area contributed by atoms with Crippen molar-refractivity contribution in [1.29, 1.82) is 0 Å². The van der Waals surface area contributed by atoms with Gasteiger partial charge in [-0.2, -0.15) is 0 Å². The molecule has 0 saturated heterocycles. The number of methoxy groups -OCH3 is 1. The highest BCUT2D eigenvalue weighted by Gasteiger charge is 2.19. The van der Waals surface area contributed by atoms with Gasteiger partial charge < -0.3 is 14.7 Å². The minimum absolute atomic E-state index is 0.0149. The van der Waals surface area contributed by atoms with E-state index in [0.29, 0.717) is 24.5 Å². The van der Waals surface area contributed by atoms with Gasteiger partial charge in [-0.15, -0.1) is 0 Å². The van der Waals surface area contributed by atoms with Gasteiger partial charge in [0.15, 0.2) is 0 Å². The van der Waals surface area contributed by atoms with Crippen molar-refractivity contribution in [3.8, 4) is 5.75 Å². The molecule has 0 spiro atoms. The van der Waals surface area contributed by atoms with Gasteiger partial charge in [-0.25, -0.2) is 0 Å². The first-order chi connectivity index (χ1) is 8.13. The minimum Gasteiger partial charge on any atom is -0.497 e. The van der Waals surface area contributed by atoms with Gasteiger partial charge in [0.05, 0.1) is 18.6 Å². The van der Waals surface area contributed by atoms with Crippen LogP contribution in [0.25, 0.3) is 0 Å². The number of ether oxygens (including phenoxy) is 1. The summed E-state index contributed by atoms with van der Waals surface area (Å²) in [5.74, 6) is 0.557. The Morgan fingerprint density at radius 1 is 1.53 bits per heavy atom. The Bertz CT molecular complexity index is 395. The zero-order valence-electron chi connectivity index (χ0n) is 9.92. The highest BCUT2D eigenvalue weighted by molar-refractivity contribution is 5.65. The monoisotopic (exact) mass is 240 g/mol. The van der Waals surface area contributed by atoms with Gasteiger partial charge in [0.25, 0.3) is 5.69 Å². The van der Waals surface area contributed by atoms with Crippen LogP contribution in [0.1, 0.15) is 6.92 Å². The zero-order valence-corrected chi connectivity index (χ0v) is 9.92. The summed E-state index contributed by atoms with van der Waals surface area (Å²) < 4.78 is 5.05. The van der Waals surface area contributed by atoms with Crippen molar-refractivity contribution in [2.75, 3.05) is 31.7 Å². The maximum Gasteiger partial charge on any atom is 0.292 e. The Morgan fingerprint density at radius 3 is 2.71 bits per heavy atom. The summed E-state index contributed by atoms with van der Waals surface area (Å²) in [6.07, 6.45) is 0. The molecule has 0 aliphatic rings. The second-order valence-electron chi connectivity index (χ2n) is 3.42. The van der Waals surface area contributed by atoms with Gasteiger partial charge in [0, 0.05) is 25.2 Å². The van der Waals surface area contributed by atoms with E-state index in [1.54, 1.807) is 17.0 Å². The summed E-state index contributed by atoms with van der Waals surface area (Å²) in [5.41, 5.74) is 0.479. The summed E-state index contributed by atoms with van der Waals surface area (Å²) in [6.45, 7) is 2.75. The highest BCUT2D eigenvalue weighted by atomic mass is 16.6. The minimum atomic E-state index is -0.436. The van der Waals surface area contributed by atoms with Crippen molar-refractivity contribution in [3.05, 3.63) is 28.3 Å². The molecule has 1 aromatic carbocycles. The third-order valence-corrected chi connectivity index (χ3v) is 2.47. The Morgan fingerprint density at radius 2 is 2.24 bits per heavy atom. The van der Waals surface area contributed by atoms with E-state index in [-0.39, 0.29) is 12.3 Å². The van der Waals surface area contributed by atoms with E-state index in [0.717, 1.165) is 0 Å². The largest absolute Gasteiger partial charge is 0.497 e. The van der Waals surface area contributed by atoms with E-state index >= 15 is 0 Å². The molecule has 0 radical (unpaired) electrons. The molecule has 0 aromatic heterocycles. The van der Waals surface area contributed by atoms with Crippen LogP contribution in [-0.2, 0) is 0 Å².